The van der Waals surface area contributed by atoms with E-state index in [0.717, 1.165) is 28.9 Å². The zero-order valence-electron chi connectivity index (χ0n) is 18.1. The highest BCUT2D eigenvalue weighted by Gasteiger charge is 2.21. The summed E-state index contributed by atoms with van der Waals surface area (Å²) in [7, 11) is 0. The number of hydrogen-bond donors (Lipinski definition) is 2. The molecule has 2 N–H and O–H groups in total. The molecule has 0 unspecified atom stereocenters. The largest absolute Gasteiger partial charge is 0.366 e. The molecule has 1 amide bonds. The van der Waals surface area contributed by atoms with Gasteiger partial charge in [-0.05, 0) is 42.5 Å². The van der Waals surface area contributed by atoms with Gasteiger partial charge in [-0.3, -0.25) is 4.79 Å². The number of hydrogen-bond acceptors (Lipinski definition) is 7. The molecule has 9 heteroatoms. The summed E-state index contributed by atoms with van der Waals surface area (Å²) in [6.07, 6.45) is 4.81. The summed E-state index contributed by atoms with van der Waals surface area (Å²) in [5.41, 5.74) is 2.04. The Bertz CT molecular complexity index is 1120. The predicted octanol–water partition coefficient (Wildman–Crippen LogP) is 4.60. The van der Waals surface area contributed by atoms with Crippen LogP contribution in [0.5, 0.6) is 0 Å². The van der Waals surface area contributed by atoms with Crippen LogP contribution in [0.15, 0.2) is 29.6 Å². The monoisotopic (exact) mass is 454 g/mol. The van der Waals surface area contributed by atoms with Crippen molar-refractivity contribution in [3.05, 3.63) is 35.5 Å². The Hall–Kier alpha value is -2.94. The van der Waals surface area contributed by atoms with E-state index in [1.165, 1.54) is 18.9 Å². The van der Waals surface area contributed by atoms with Crippen molar-refractivity contribution in [3.63, 3.8) is 0 Å². The van der Waals surface area contributed by atoms with Crippen LogP contribution in [0.1, 0.15) is 32.6 Å². The summed E-state index contributed by atoms with van der Waals surface area (Å²) in [6.45, 7) is 4.04. The predicted molar refractivity (Wildman–Crippen MR) is 127 cm³/mol. The second-order valence-corrected chi connectivity index (χ2v) is 9.36. The van der Waals surface area contributed by atoms with Crippen molar-refractivity contribution in [3.8, 4) is 0 Å². The van der Waals surface area contributed by atoms with Gasteiger partial charge in [-0.15, -0.1) is 11.3 Å². The summed E-state index contributed by atoms with van der Waals surface area (Å²) < 4.78 is 16.0. The lowest BCUT2D eigenvalue weighted by Crippen LogP contribution is -2.48. The standard InChI is InChI=1S/C23H27FN6OS/c1-15(31)29-9-11-30(12-10-29)20-7-6-17(14-18(20)24)26-23-27-19-8-13-32-21(19)22(28-23)25-16-4-2-3-5-16/h6-8,13-14,16H,2-5,9-12H2,1H3,(H2,25,26,27,28). The summed E-state index contributed by atoms with van der Waals surface area (Å²) in [4.78, 5) is 24.6. The van der Waals surface area contributed by atoms with Crippen molar-refractivity contribution in [1.82, 2.24) is 14.9 Å². The van der Waals surface area contributed by atoms with Gasteiger partial charge in [-0.2, -0.15) is 4.98 Å². The number of halogens is 1. The van der Waals surface area contributed by atoms with Crippen LogP contribution in [0.25, 0.3) is 10.2 Å². The first-order chi connectivity index (χ1) is 15.6. The molecule has 1 saturated heterocycles. The third kappa shape index (κ3) is 4.34. The first-order valence-electron chi connectivity index (χ1n) is 11.2. The van der Waals surface area contributed by atoms with Crippen LogP contribution in [-0.4, -0.2) is 53.0 Å². The summed E-state index contributed by atoms with van der Waals surface area (Å²) in [5, 5.41) is 8.77. The maximum Gasteiger partial charge on any atom is 0.229 e. The Morgan fingerprint density at radius 2 is 1.91 bits per heavy atom. The average molecular weight is 455 g/mol. The smallest absolute Gasteiger partial charge is 0.229 e. The molecule has 0 spiro atoms. The molecule has 2 fully saturated rings. The van der Waals surface area contributed by atoms with E-state index in [1.54, 1.807) is 29.2 Å². The summed E-state index contributed by atoms with van der Waals surface area (Å²) >= 11 is 1.63. The quantitative estimate of drug-likeness (QED) is 0.587. The van der Waals surface area contributed by atoms with Gasteiger partial charge in [-0.1, -0.05) is 12.8 Å². The first-order valence-corrected chi connectivity index (χ1v) is 12.0. The lowest BCUT2D eigenvalue weighted by Gasteiger charge is -2.35. The molecule has 7 nitrogen and oxygen atoms in total. The molecule has 0 radical (unpaired) electrons. The fourth-order valence-corrected chi connectivity index (χ4v) is 5.30. The van der Waals surface area contributed by atoms with Crippen LogP contribution in [0, 0.1) is 5.82 Å². The molecule has 32 heavy (non-hydrogen) atoms. The number of amides is 1. The highest BCUT2D eigenvalue weighted by atomic mass is 32.1. The van der Waals surface area contributed by atoms with Gasteiger partial charge in [0.15, 0.2) is 0 Å². The second kappa shape index (κ2) is 8.90. The van der Waals surface area contributed by atoms with E-state index in [0.29, 0.717) is 49.5 Å². The van der Waals surface area contributed by atoms with E-state index < -0.39 is 0 Å². The minimum atomic E-state index is -0.299. The van der Waals surface area contributed by atoms with Crippen molar-refractivity contribution in [2.45, 2.75) is 38.6 Å². The fourth-order valence-electron chi connectivity index (χ4n) is 4.51. The maximum absolute atomic E-state index is 14.9. The number of nitrogens with zero attached hydrogens (tertiary/aromatic N) is 4. The Balaban J connectivity index is 1.33. The van der Waals surface area contributed by atoms with E-state index in [-0.39, 0.29) is 11.7 Å². The topological polar surface area (TPSA) is 73.4 Å². The van der Waals surface area contributed by atoms with Crippen LogP contribution in [-0.2, 0) is 4.79 Å². The molecule has 1 aliphatic carbocycles. The first kappa shape index (κ1) is 20.9. The second-order valence-electron chi connectivity index (χ2n) is 8.44. The van der Waals surface area contributed by atoms with Crippen LogP contribution >= 0.6 is 11.3 Å². The molecule has 1 aliphatic heterocycles. The van der Waals surface area contributed by atoms with Crippen molar-refractivity contribution in [1.29, 1.82) is 0 Å². The van der Waals surface area contributed by atoms with Gasteiger partial charge in [0.05, 0.1) is 15.9 Å². The number of aromatic nitrogens is 2. The number of carbonyl (C=O) groups is 1. The van der Waals surface area contributed by atoms with Gasteiger partial charge in [0.1, 0.15) is 11.6 Å². The highest BCUT2D eigenvalue weighted by molar-refractivity contribution is 7.17. The third-order valence-corrected chi connectivity index (χ3v) is 7.18. The van der Waals surface area contributed by atoms with Crippen molar-refractivity contribution in [2.24, 2.45) is 0 Å². The Labute approximate surface area is 190 Å². The number of piperazine rings is 1. The van der Waals surface area contributed by atoms with Crippen LogP contribution in [0.3, 0.4) is 0 Å². The Morgan fingerprint density at radius 1 is 1.12 bits per heavy atom. The van der Waals surface area contributed by atoms with E-state index in [1.807, 2.05) is 22.4 Å². The highest BCUT2D eigenvalue weighted by Crippen LogP contribution is 2.32. The van der Waals surface area contributed by atoms with Crippen molar-refractivity contribution < 1.29 is 9.18 Å². The summed E-state index contributed by atoms with van der Waals surface area (Å²) in [5.74, 6) is 1.07. The number of nitrogens with one attached hydrogen (secondary N) is 2. The number of carbonyl (C=O) groups excluding carboxylic acids is 1. The maximum atomic E-state index is 14.9. The van der Waals surface area contributed by atoms with Crippen LogP contribution in [0.2, 0.25) is 0 Å². The Morgan fingerprint density at radius 3 is 2.62 bits per heavy atom. The van der Waals surface area contributed by atoms with Crippen LogP contribution in [0.4, 0.5) is 27.5 Å². The minimum Gasteiger partial charge on any atom is -0.366 e. The van der Waals surface area contributed by atoms with Crippen LogP contribution < -0.4 is 15.5 Å². The zero-order valence-corrected chi connectivity index (χ0v) is 18.9. The van der Waals surface area contributed by atoms with E-state index in [9.17, 15) is 9.18 Å². The van der Waals surface area contributed by atoms with Gasteiger partial charge < -0.3 is 20.4 Å². The van der Waals surface area contributed by atoms with Gasteiger partial charge in [-0.25, -0.2) is 9.37 Å². The van der Waals surface area contributed by atoms with Gasteiger partial charge >= 0.3 is 0 Å². The number of rotatable bonds is 5. The number of anilines is 4. The van der Waals surface area contributed by atoms with Gasteiger partial charge in [0, 0.05) is 44.8 Å². The molecule has 2 aliphatic rings. The number of fused-ring (bicyclic) bond motifs is 1. The molecule has 2 aromatic heterocycles. The fraction of sp³-hybridized carbons (Fsp3) is 0.435. The molecule has 3 heterocycles. The van der Waals surface area contributed by atoms with Gasteiger partial charge in [0.2, 0.25) is 11.9 Å². The van der Waals surface area contributed by atoms with Gasteiger partial charge in [0.25, 0.3) is 0 Å². The third-order valence-electron chi connectivity index (χ3n) is 6.27. The van der Waals surface area contributed by atoms with E-state index in [2.05, 4.69) is 15.6 Å². The molecule has 5 rings (SSSR count). The van der Waals surface area contributed by atoms with E-state index >= 15 is 0 Å². The molecule has 0 atom stereocenters. The molecule has 168 valence electrons. The summed E-state index contributed by atoms with van der Waals surface area (Å²) in [6, 6.07) is 7.54. The number of thiophene rings is 1. The Kier molecular flexibility index (Phi) is 5.82. The van der Waals surface area contributed by atoms with Crippen molar-refractivity contribution >= 4 is 50.6 Å². The molecule has 1 saturated carbocycles. The van der Waals surface area contributed by atoms with Crippen molar-refractivity contribution in [2.75, 3.05) is 41.7 Å². The average Bonchev–Trinajstić information content (AvgIpc) is 3.46. The lowest BCUT2D eigenvalue weighted by molar-refractivity contribution is -0.129. The molecular formula is C23H27FN6OS. The molecule has 3 aromatic rings. The minimum absolute atomic E-state index is 0.0639. The normalized spacial score (nSPS) is 17.2. The zero-order chi connectivity index (χ0) is 22.1. The molecular weight excluding hydrogens is 427 g/mol. The SMILES string of the molecule is CC(=O)N1CCN(c2ccc(Nc3nc(NC4CCCC4)c4sccc4n3)cc2F)CC1. The number of benzene rings is 1. The van der Waals surface area contributed by atoms with E-state index in [4.69, 9.17) is 4.98 Å². The molecule has 1 aromatic carbocycles. The molecule has 0 bridgehead atoms. The lowest BCUT2D eigenvalue weighted by atomic mass is 10.2.